The Morgan fingerprint density at radius 1 is 1.04 bits per heavy atom. The number of carbonyl (C=O) groups is 2. The minimum atomic E-state index is -0.959. The Morgan fingerprint density at radius 3 is 2.20 bits per heavy atom. The van der Waals surface area contributed by atoms with E-state index in [1.807, 2.05) is 11.8 Å². The number of carboxylic acids is 1. The summed E-state index contributed by atoms with van der Waals surface area (Å²) in [5.41, 5.74) is 2.02. The number of hydrogen-bond donors (Lipinski definition) is 2. The van der Waals surface area contributed by atoms with Crippen molar-refractivity contribution in [1.29, 1.82) is 0 Å². The summed E-state index contributed by atoms with van der Waals surface area (Å²) in [6, 6.07) is 12.6. The first-order chi connectivity index (χ1) is 12.0. The zero-order chi connectivity index (χ0) is 18.2. The lowest BCUT2D eigenvalue weighted by Crippen LogP contribution is -2.36. The van der Waals surface area contributed by atoms with E-state index in [4.69, 9.17) is 5.11 Å². The average molecular weight is 344 g/mol. The number of benzene rings is 2. The highest BCUT2D eigenvalue weighted by atomic mass is 19.1. The Morgan fingerprint density at radius 2 is 1.64 bits per heavy atom. The van der Waals surface area contributed by atoms with Gasteiger partial charge in [-0.05, 0) is 41.9 Å². The predicted octanol–water partition coefficient (Wildman–Crippen LogP) is 2.66. The van der Waals surface area contributed by atoms with E-state index in [9.17, 15) is 14.0 Å². The smallest absolute Gasteiger partial charge is 0.335 e. The van der Waals surface area contributed by atoms with Crippen molar-refractivity contribution in [3.63, 3.8) is 0 Å². The molecular formula is C19H21FN2O3. The summed E-state index contributed by atoms with van der Waals surface area (Å²) >= 11 is 0. The van der Waals surface area contributed by atoms with Crippen LogP contribution in [0.15, 0.2) is 48.5 Å². The average Bonchev–Trinajstić information content (AvgIpc) is 2.61. The maximum absolute atomic E-state index is 12.9. The van der Waals surface area contributed by atoms with Gasteiger partial charge >= 0.3 is 5.97 Å². The molecule has 0 aromatic heterocycles. The molecule has 1 amide bonds. The first kappa shape index (κ1) is 18.6. The molecule has 0 aliphatic rings. The van der Waals surface area contributed by atoms with Gasteiger partial charge in [-0.2, -0.15) is 0 Å². The van der Waals surface area contributed by atoms with Crippen molar-refractivity contribution in [1.82, 2.24) is 10.2 Å². The summed E-state index contributed by atoms with van der Waals surface area (Å²) in [4.78, 5) is 24.9. The fourth-order valence-corrected chi connectivity index (χ4v) is 2.35. The molecule has 0 aliphatic carbocycles. The lowest BCUT2D eigenvalue weighted by atomic mass is 10.1. The molecule has 0 aliphatic heterocycles. The summed E-state index contributed by atoms with van der Waals surface area (Å²) in [5.74, 6) is -1.38. The highest BCUT2D eigenvalue weighted by Crippen LogP contribution is 2.08. The van der Waals surface area contributed by atoms with Gasteiger partial charge in [0.1, 0.15) is 5.82 Å². The topological polar surface area (TPSA) is 69.6 Å². The Bertz CT molecular complexity index is 714. The molecule has 0 fully saturated rings. The van der Waals surface area contributed by atoms with Crippen LogP contribution in [0, 0.1) is 5.82 Å². The molecule has 2 aromatic rings. The number of nitrogens with zero attached hydrogens (tertiary/aromatic N) is 1. The lowest BCUT2D eigenvalue weighted by molar-refractivity contribution is -0.122. The minimum Gasteiger partial charge on any atom is -0.478 e. The molecule has 0 atom stereocenters. The quantitative estimate of drug-likeness (QED) is 0.772. The number of hydrogen-bond acceptors (Lipinski definition) is 3. The molecule has 0 spiro atoms. The lowest BCUT2D eigenvalue weighted by Gasteiger charge is -2.20. The first-order valence-electron chi connectivity index (χ1n) is 8.03. The molecule has 5 nitrogen and oxygen atoms in total. The number of aromatic carboxylic acids is 1. The van der Waals surface area contributed by atoms with Gasteiger partial charge in [0.25, 0.3) is 0 Å². The minimum absolute atomic E-state index is 0.117. The molecule has 6 heteroatoms. The maximum atomic E-state index is 12.9. The van der Waals surface area contributed by atoms with E-state index < -0.39 is 5.97 Å². The van der Waals surface area contributed by atoms with E-state index in [1.165, 1.54) is 12.1 Å². The Hall–Kier alpha value is -2.73. The first-order valence-corrected chi connectivity index (χ1v) is 8.03. The number of nitrogens with one attached hydrogen (secondary N) is 1. The summed E-state index contributed by atoms with van der Waals surface area (Å²) in [7, 11) is 0. The van der Waals surface area contributed by atoms with Crippen molar-refractivity contribution in [2.24, 2.45) is 0 Å². The van der Waals surface area contributed by atoms with Gasteiger partial charge in [-0.1, -0.05) is 31.2 Å². The highest BCUT2D eigenvalue weighted by Gasteiger charge is 2.10. The second-order valence-electron chi connectivity index (χ2n) is 5.71. The van der Waals surface area contributed by atoms with Crippen molar-refractivity contribution in [2.45, 2.75) is 20.0 Å². The third-order valence-corrected chi connectivity index (χ3v) is 3.82. The van der Waals surface area contributed by atoms with Crippen LogP contribution in [0.2, 0.25) is 0 Å². The molecule has 2 N–H and O–H groups in total. The largest absolute Gasteiger partial charge is 0.478 e. The normalized spacial score (nSPS) is 10.7. The van der Waals surface area contributed by atoms with E-state index in [0.717, 1.165) is 11.1 Å². The standard InChI is InChI=1S/C19H21FN2O3/c1-2-22(12-15-3-7-16(8-4-15)19(24)25)13-18(23)21-11-14-5-9-17(20)10-6-14/h3-10H,2,11-13H2,1H3,(H,21,23)(H,24,25). The zero-order valence-corrected chi connectivity index (χ0v) is 14.0. The molecule has 2 aromatic carbocycles. The summed E-state index contributed by atoms with van der Waals surface area (Å²) in [5, 5.41) is 11.7. The Kier molecular flexibility index (Phi) is 6.65. The molecule has 0 unspecified atom stereocenters. The van der Waals surface area contributed by atoms with Crippen molar-refractivity contribution >= 4 is 11.9 Å². The van der Waals surface area contributed by atoms with Gasteiger partial charge in [0, 0.05) is 13.1 Å². The van der Waals surface area contributed by atoms with Crippen molar-refractivity contribution in [3.05, 3.63) is 71.0 Å². The van der Waals surface area contributed by atoms with Crippen LogP contribution in [0.25, 0.3) is 0 Å². The van der Waals surface area contributed by atoms with Gasteiger partial charge in [-0.15, -0.1) is 0 Å². The van der Waals surface area contributed by atoms with E-state index in [2.05, 4.69) is 5.32 Å². The monoisotopic (exact) mass is 344 g/mol. The van der Waals surface area contributed by atoms with Gasteiger partial charge in [0.2, 0.25) is 5.91 Å². The molecule has 2 rings (SSSR count). The number of rotatable bonds is 8. The SMILES string of the molecule is CCN(CC(=O)NCc1ccc(F)cc1)Cc1ccc(C(=O)O)cc1. The van der Waals surface area contributed by atoms with Crippen LogP contribution in [-0.4, -0.2) is 35.0 Å². The van der Waals surface area contributed by atoms with Crippen LogP contribution in [0.1, 0.15) is 28.4 Å². The number of amides is 1. The van der Waals surface area contributed by atoms with Crippen LogP contribution < -0.4 is 5.32 Å². The van der Waals surface area contributed by atoms with Crippen molar-refractivity contribution in [2.75, 3.05) is 13.1 Å². The number of carboxylic acid groups (broad SMARTS) is 1. The van der Waals surface area contributed by atoms with Crippen LogP contribution in [0.4, 0.5) is 4.39 Å². The second kappa shape index (κ2) is 8.94. The molecule has 0 saturated carbocycles. The van der Waals surface area contributed by atoms with Crippen molar-refractivity contribution in [3.8, 4) is 0 Å². The van der Waals surface area contributed by atoms with E-state index in [1.54, 1.807) is 36.4 Å². The maximum Gasteiger partial charge on any atom is 0.335 e. The van der Waals surface area contributed by atoms with Gasteiger partial charge in [-0.25, -0.2) is 9.18 Å². The number of carbonyl (C=O) groups excluding carboxylic acids is 1. The molecule has 132 valence electrons. The van der Waals surface area contributed by atoms with E-state index >= 15 is 0 Å². The Labute approximate surface area is 146 Å². The highest BCUT2D eigenvalue weighted by molar-refractivity contribution is 5.87. The fourth-order valence-electron chi connectivity index (χ4n) is 2.35. The third-order valence-electron chi connectivity index (χ3n) is 3.82. The third kappa shape index (κ3) is 6.00. The molecule has 25 heavy (non-hydrogen) atoms. The molecule has 0 bridgehead atoms. The van der Waals surface area contributed by atoms with Crippen LogP contribution in [-0.2, 0) is 17.9 Å². The van der Waals surface area contributed by atoms with Gasteiger partial charge in [-0.3, -0.25) is 9.69 Å². The second-order valence-corrected chi connectivity index (χ2v) is 5.71. The number of halogens is 1. The number of likely N-dealkylation sites (N-methyl/N-ethyl adjacent to an activating group) is 1. The van der Waals surface area contributed by atoms with Crippen LogP contribution in [0.5, 0.6) is 0 Å². The Balaban J connectivity index is 1.84. The van der Waals surface area contributed by atoms with Crippen molar-refractivity contribution < 1.29 is 19.1 Å². The molecule has 0 heterocycles. The fraction of sp³-hybridized carbons (Fsp3) is 0.263. The molecular weight excluding hydrogens is 323 g/mol. The zero-order valence-electron chi connectivity index (χ0n) is 14.0. The molecule has 0 saturated heterocycles. The van der Waals surface area contributed by atoms with Crippen LogP contribution >= 0.6 is 0 Å². The van der Waals surface area contributed by atoms with Gasteiger partial charge < -0.3 is 10.4 Å². The summed E-state index contributed by atoms with van der Waals surface area (Å²) in [6.07, 6.45) is 0. The van der Waals surface area contributed by atoms with E-state index in [0.29, 0.717) is 19.6 Å². The van der Waals surface area contributed by atoms with Gasteiger partial charge in [0.05, 0.1) is 12.1 Å². The summed E-state index contributed by atoms with van der Waals surface area (Å²) < 4.78 is 12.9. The van der Waals surface area contributed by atoms with E-state index in [-0.39, 0.29) is 23.8 Å². The molecule has 0 radical (unpaired) electrons. The summed E-state index contributed by atoms with van der Waals surface area (Å²) in [6.45, 7) is 3.78. The predicted molar refractivity (Wildman–Crippen MR) is 92.6 cm³/mol. The van der Waals surface area contributed by atoms with Crippen LogP contribution in [0.3, 0.4) is 0 Å². The van der Waals surface area contributed by atoms with Gasteiger partial charge in [0.15, 0.2) is 0 Å².